The summed E-state index contributed by atoms with van der Waals surface area (Å²) in [5.41, 5.74) is 3.07. The van der Waals surface area contributed by atoms with Crippen LogP contribution in [0.3, 0.4) is 0 Å². The maximum absolute atomic E-state index is 13.1. The first-order valence-corrected chi connectivity index (χ1v) is 13.7. The number of halogens is 1. The number of hydrogen-bond acceptors (Lipinski definition) is 6. The lowest BCUT2D eigenvalue weighted by Gasteiger charge is -2.32. The molecule has 0 saturated carbocycles. The smallest absolute Gasteiger partial charge is 0.253 e. The highest BCUT2D eigenvalue weighted by molar-refractivity contribution is 6.30. The number of nitrogens with zero attached hydrogens (tertiary/aromatic N) is 4. The molecule has 40 heavy (non-hydrogen) atoms. The Kier molecular flexibility index (Phi) is 8.62. The van der Waals surface area contributed by atoms with Gasteiger partial charge in [0.1, 0.15) is 5.75 Å². The van der Waals surface area contributed by atoms with Crippen LogP contribution in [-0.2, 0) is 11.3 Å². The van der Waals surface area contributed by atoms with Crippen molar-refractivity contribution < 1.29 is 19.1 Å². The van der Waals surface area contributed by atoms with Gasteiger partial charge in [0, 0.05) is 68.3 Å². The number of nitrogens with one attached hydrogen (secondary N) is 1. The minimum Gasteiger partial charge on any atom is -0.439 e. The molecular weight excluding hydrogens is 530 g/mol. The average molecular weight is 562 g/mol. The first-order valence-electron chi connectivity index (χ1n) is 13.3. The molecule has 0 spiro atoms. The highest BCUT2D eigenvalue weighted by atomic mass is 35.5. The van der Waals surface area contributed by atoms with Crippen molar-refractivity contribution in [1.82, 2.24) is 25.0 Å². The molecule has 1 aliphatic rings. The monoisotopic (exact) mass is 561 g/mol. The van der Waals surface area contributed by atoms with Gasteiger partial charge in [0.25, 0.3) is 11.8 Å². The van der Waals surface area contributed by atoms with Gasteiger partial charge in [0.2, 0.25) is 5.88 Å². The topological polar surface area (TPSA) is 98.6 Å². The fourth-order valence-electron chi connectivity index (χ4n) is 4.96. The maximum atomic E-state index is 13.1. The molecule has 3 heterocycles. The number of amides is 2. The second-order valence-electron chi connectivity index (χ2n) is 9.95. The average Bonchev–Trinajstić information content (AvgIpc) is 3.38. The number of ether oxygens (including phenoxy) is 2. The third kappa shape index (κ3) is 6.43. The van der Waals surface area contributed by atoms with E-state index >= 15 is 0 Å². The number of aryl methyl sites for hydroxylation is 1. The van der Waals surface area contributed by atoms with Gasteiger partial charge in [0.05, 0.1) is 17.1 Å². The van der Waals surface area contributed by atoms with Crippen molar-refractivity contribution in [2.75, 3.05) is 33.4 Å². The van der Waals surface area contributed by atoms with Crippen LogP contribution in [0.5, 0.6) is 11.6 Å². The van der Waals surface area contributed by atoms with Gasteiger partial charge in [-0.2, -0.15) is 5.10 Å². The molecule has 10 heteroatoms. The predicted molar refractivity (Wildman–Crippen MR) is 153 cm³/mol. The van der Waals surface area contributed by atoms with Crippen molar-refractivity contribution in [3.05, 3.63) is 82.6 Å². The predicted octanol–water partition coefficient (Wildman–Crippen LogP) is 5.11. The van der Waals surface area contributed by atoms with Crippen molar-refractivity contribution >= 4 is 34.3 Å². The molecule has 2 aromatic carbocycles. The zero-order chi connectivity index (χ0) is 28.1. The van der Waals surface area contributed by atoms with Crippen molar-refractivity contribution in [2.24, 2.45) is 5.92 Å². The molecule has 2 aromatic heterocycles. The van der Waals surface area contributed by atoms with E-state index in [9.17, 15) is 9.59 Å². The molecule has 9 nitrogen and oxygen atoms in total. The number of pyridine rings is 1. The van der Waals surface area contributed by atoms with E-state index in [0.717, 1.165) is 35.9 Å². The van der Waals surface area contributed by atoms with Gasteiger partial charge in [0.15, 0.2) is 0 Å². The number of rotatable bonds is 9. The van der Waals surface area contributed by atoms with Gasteiger partial charge in [-0.25, -0.2) is 4.98 Å². The fraction of sp³-hybridized carbons (Fsp3) is 0.333. The van der Waals surface area contributed by atoms with Crippen molar-refractivity contribution in [1.29, 1.82) is 0 Å². The molecule has 0 atom stereocenters. The molecule has 0 unspecified atom stereocenters. The van der Waals surface area contributed by atoms with Crippen LogP contribution >= 0.6 is 11.6 Å². The number of benzene rings is 2. The van der Waals surface area contributed by atoms with E-state index in [0.29, 0.717) is 59.9 Å². The summed E-state index contributed by atoms with van der Waals surface area (Å²) >= 11 is 5.87. The second kappa shape index (κ2) is 12.5. The van der Waals surface area contributed by atoms with Crippen LogP contribution in [0.25, 0.3) is 10.9 Å². The van der Waals surface area contributed by atoms with E-state index in [-0.39, 0.29) is 11.8 Å². The van der Waals surface area contributed by atoms with E-state index in [4.69, 9.17) is 26.2 Å². The Morgan fingerprint density at radius 1 is 1.07 bits per heavy atom. The summed E-state index contributed by atoms with van der Waals surface area (Å²) in [6, 6.07) is 14.2. The minimum atomic E-state index is -0.109. The highest BCUT2D eigenvalue weighted by Crippen LogP contribution is 2.26. The number of hydrogen-bond donors (Lipinski definition) is 1. The molecule has 4 aromatic rings. The van der Waals surface area contributed by atoms with Crippen molar-refractivity contribution in [3.8, 4) is 11.6 Å². The van der Waals surface area contributed by atoms with E-state index in [1.54, 1.807) is 43.5 Å². The molecule has 2 amide bonds. The lowest BCUT2D eigenvalue weighted by molar-refractivity contribution is 0.0681. The van der Waals surface area contributed by atoms with Crippen LogP contribution in [0.2, 0.25) is 5.02 Å². The summed E-state index contributed by atoms with van der Waals surface area (Å²) in [5, 5.41) is 9.15. The van der Waals surface area contributed by atoms with E-state index in [2.05, 4.69) is 10.3 Å². The molecule has 1 N–H and O–H groups in total. The Labute approximate surface area is 238 Å². The first-order chi connectivity index (χ1) is 19.4. The van der Waals surface area contributed by atoms with Crippen molar-refractivity contribution in [2.45, 2.75) is 26.3 Å². The normalized spacial score (nSPS) is 13.9. The maximum Gasteiger partial charge on any atom is 0.253 e. The molecule has 1 aliphatic heterocycles. The lowest BCUT2D eigenvalue weighted by atomic mass is 9.96. The van der Waals surface area contributed by atoms with Crippen LogP contribution in [0, 0.1) is 12.8 Å². The third-order valence-electron chi connectivity index (χ3n) is 7.21. The van der Waals surface area contributed by atoms with Gasteiger partial charge in [-0.05, 0) is 73.7 Å². The fourth-order valence-corrected chi connectivity index (χ4v) is 5.07. The zero-order valence-electron chi connectivity index (χ0n) is 22.6. The Hall–Kier alpha value is -3.95. The Morgan fingerprint density at radius 2 is 1.85 bits per heavy atom. The summed E-state index contributed by atoms with van der Waals surface area (Å²) in [5.74, 6) is 1.37. The Balaban J connectivity index is 1.15. The number of carbonyl (C=O) groups excluding carboxylic acids is 2. The number of aromatic nitrogens is 3. The number of fused-ring (bicyclic) bond motifs is 1. The molecule has 0 aliphatic carbocycles. The van der Waals surface area contributed by atoms with Crippen molar-refractivity contribution in [3.63, 3.8) is 0 Å². The summed E-state index contributed by atoms with van der Waals surface area (Å²) in [7, 11) is 1.61. The van der Waals surface area contributed by atoms with Crippen LogP contribution in [-0.4, -0.2) is 64.8 Å². The minimum absolute atomic E-state index is 0.0198. The van der Waals surface area contributed by atoms with E-state index in [1.165, 1.54) is 6.20 Å². The van der Waals surface area contributed by atoms with Crippen LogP contribution in [0.4, 0.5) is 0 Å². The lowest BCUT2D eigenvalue weighted by Crippen LogP contribution is -2.39. The Morgan fingerprint density at radius 3 is 2.55 bits per heavy atom. The number of methoxy groups -OCH3 is 1. The van der Waals surface area contributed by atoms with Crippen LogP contribution in [0.15, 0.2) is 60.9 Å². The summed E-state index contributed by atoms with van der Waals surface area (Å²) in [6.07, 6.45) is 5.35. The van der Waals surface area contributed by atoms with Crippen LogP contribution < -0.4 is 10.1 Å². The third-order valence-corrected chi connectivity index (χ3v) is 7.44. The molecule has 208 valence electrons. The second-order valence-corrected chi connectivity index (χ2v) is 10.4. The van der Waals surface area contributed by atoms with E-state index in [1.807, 2.05) is 34.8 Å². The van der Waals surface area contributed by atoms with Gasteiger partial charge in [-0.3, -0.25) is 14.3 Å². The van der Waals surface area contributed by atoms with Crippen LogP contribution in [0.1, 0.15) is 39.1 Å². The molecule has 5 rings (SSSR count). The highest BCUT2D eigenvalue weighted by Gasteiger charge is 2.24. The number of carbonyl (C=O) groups is 2. The van der Waals surface area contributed by atoms with E-state index < -0.39 is 0 Å². The quantitative estimate of drug-likeness (QED) is 0.285. The number of likely N-dealkylation sites (tertiary alicyclic amines) is 1. The standard InChI is InChI=1S/C30H32ClN5O4/c1-20-25(29(37)32-13-16-39-2)8-9-27-26(20)19-36(34-27)18-21-11-14-35(15-12-21)30(38)22-3-6-24(7-4-22)40-28-10-5-23(31)17-33-28/h3-10,17,19,21H,11-16,18H2,1-2H3,(H,32,37). The summed E-state index contributed by atoms with van der Waals surface area (Å²) < 4.78 is 12.7. The molecular formula is C30H32ClN5O4. The molecule has 1 saturated heterocycles. The summed E-state index contributed by atoms with van der Waals surface area (Å²) in [4.78, 5) is 31.7. The van der Waals surface area contributed by atoms with Gasteiger partial charge in [-0.15, -0.1) is 0 Å². The molecule has 0 bridgehead atoms. The Bertz CT molecular complexity index is 1480. The molecule has 0 radical (unpaired) electrons. The van der Waals surface area contributed by atoms with Gasteiger partial charge in [-0.1, -0.05) is 11.6 Å². The SMILES string of the molecule is COCCNC(=O)c1ccc2nn(CC3CCN(C(=O)c4ccc(Oc5ccc(Cl)cn5)cc4)CC3)cc2c1C. The largest absolute Gasteiger partial charge is 0.439 e. The molecule has 1 fully saturated rings. The van der Waals surface area contributed by atoms with Gasteiger partial charge >= 0.3 is 0 Å². The summed E-state index contributed by atoms with van der Waals surface area (Å²) in [6.45, 7) is 5.06. The number of piperidine rings is 1. The van der Waals surface area contributed by atoms with Gasteiger partial charge < -0.3 is 19.7 Å². The first kappa shape index (κ1) is 27.6. The zero-order valence-corrected chi connectivity index (χ0v) is 23.4.